The molecule has 1 aromatic carbocycles. The van der Waals surface area contributed by atoms with Crippen molar-refractivity contribution in [3.8, 4) is 28.0 Å². The van der Waals surface area contributed by atoms with E-state index in [2.05, 4.69) is 20.5 Å². The maximum absolute atomic E-state index is 12.4. The van der Waals surface area contributed by atoms with Crippen molar-refractivity contribution in [3.05, 3.63) is 28.4 Å². The number of carbonyl (C=O) groups is 2. The van der Waals surface area contributed by atoms with E-state index < -0.39 is 0 Å². The molecule has 0 aliphatic carbocycles. The molecule has 166 valence electrons. The summed E-state index contributed by atoms with van der Waals surface area (Å²) in [7, 11) is 4.56. The van der Waals surface area contributed by atoms with Gasteiger partial charge in [0.2, 0.25) is 11.7 Å². The second-order valence-electron chi connectivity index (χ2n) is 5.92. The summed E-state index contributed by atoms with van der Waals surface area (Å²) in [4.78, 5) is 25.9. The molecular formula is C19H22N4O7S. The molecule has 0 radical (unpaired) electrons. The fourth-order valence-corrected chi connectivity index (χ4v) is 3.52. The maximum atomic E-state index is 12.4. The Morgan fingerprint density at radius 1 is 1.16 bits per heavy atom. The van der Waals surface area contributed by atoms with E-state index in [4.69, 9.17) is 28.5 Å². The Labute approximate surface area is 182 Å². The van der Waals surface area contributed by atoms with Crippen LogP contribution in [0.5, 0.6) is 17.2 Å². The molecule has 0 unspecified atom stereocenters. The van der Waals surface area contributed by atoms with Crippen LogP contribution in [0.25, 0.3) is 10.8 Å². The van der Waals surface area contributed by atoms with Crippen LogP contribution in [0.4, 0.5) is 6.01 Å². The van der Waals surface area contributed by atoms with Gasteiger partial charge in [0.25, 0.3) is 12.4 Å². The molecule has 0 spiro atoms. The molecule has 0 saturated carbocycles. The average molecular weight is 450 g/mol. The van der Waals surface area contributed by atoms with Gasteiger partial charge in [-0.05, 0) is 31.5 Å². The van der Waals surface area contributed by atoms with Crippen LogP contribution in [0.2, 0.25) is 0 Å². The first kappa shape index (κ1) is 23.6. The number of hydrogen-bond acceptors (Lipinski definition) is 10. The van der Waals surface area contributed by atoms with Crippen LogP contribution in [-0.4, -0.2) is 54.0 Å². The summed E-state index contributed by atoms with van der Waals surface area (Å²) in [5.41, 5.74) is 1.49. The van der Waals surface area contributed by atoms with Crippen LogP contribution < -0.4 is 19.5 Å². The summed E-state index contributed by atoms with van der Waals surface area (Å²) < 4.78 is 21.4. The number of aryl methyl sites for hydroxylation is 2. The first-order chi connectivity index (χ1) is 14.9. The van der Waals surface area contributed by atoms with Gasteiger partial charge in [-0.3, -0.25) is 14.9 Å². The highest BCUT2D eigenvalue weighted by Gasteiger charge is 2.18. The fourth-order valence-electron chi connectivity index (χ4n) is 2.68. The molecule has 3 aromatic rings. The molecule has 2 aromatic heterocycles. The van der Waals surface area contributed by atoms with Gasteiger partial charge in [-0.2, -0.15) is 0 Å². The zero-order valence-corrected chi connectivity index (χ0v) is 18.4. The molecule has 0 bridgehead atoms. The number of anilines is 1. The van der Waals surface area contributed by atoms with Crippen LogP contribution >= 0.6 is 11.3 Å². The molecule has 0 aliphatic heterocycles. The molecule has 0 fully saturated rings. The van der Waals surface area contributed by atoms with Crippen molar-refractivity contribution in [2.24, 2.45) is 0 Å². The summed E-state index contributed by atoms with van der Waals surface area (Å²) in [6, 6.07) is 3.45. The Kier molecular flexibility index (Phi) is 8.32. The smallest absolute Gasteiger partial charge is 0.322 e. The quantitative estimate of drug-likeness (QED) is 0.515. The van der Waals surface area contributed by atoms with Crippen LogP contribution in [0, 0.1) is 13.8 Å². The maximum Gasteiger partial charge on any atom is 0.322 e. The highest BCUT2D eigenvalue weighted by Crippen LogP contribution is 2.38. The van der Waals surface area contributed by atoms with Gasteiger partial charge in [-0.15, -0.1) is 16.4 Å². The van der Waals surface area contributed by atoms with Gasteiger partial charge < -0.3 is 23.7 Å². The lowest BCUT2D eigenvalue weighted by Crippen LogP contribution is -2.15. The number of rotatable bonds is 7. The summed E-state index contributed by atoms with van der Waals surface area (Å²) in [6.07, 6.45) is 0.0626. The Hall–Kier alpha value is -3.67. The molecule has 11 nitrogen and oxygen atoms in total. The van der Waals surface area contributed by atoms with Crippen molar-refractivity contribution in [2.75, 3.05) is 26.6 Å². The third-order valence-electron chi connectivity index (χ3n) is 3.86. The van der Waals surface area contributed by atoms with E-state index in [9.17, 15) is 4.79 Å². The fraction of sp³-hybridized carbons (Fsp3) is 0.316. The highest BCUT2D eigenvalue weighted by atomic mass is 32.1. The predicted octanol–water partition coefficient (Wildman–Crippen LogP) is 2.72. The third kappa shape index (κ3) is 5.92. The van der Waals surface area contributed by atoms with E-state index in [1.807, 2.05) is 13.8 Å². The Morgan fingerprint density at radius 2 is 1.77 bits per heavy atom. The number of thiazole rings is 1. The van der Waals surface area contributed by atoms with E-state index in [-0.39, 0.29) is 24.8 Å². The zero-order chi connectivity index (χ0) is 23.0. The summed E-state index contributed by atoms with van der Waals surface area (Å²) in [6.45, 7) is 3.52. The SMILES string of the molecule is COc1cc(CC(=O)Nc2nnc(-c3sc(C)nc3C)o2)cc(OC)c1OC.O=CO. The molecular weight excluding hydrogens is 428 g/mol. The van der Waals surface area contributed by atoms with Crippen molar-refractivity contribution in [3.63, 3.8) is 0 Å². The van der Waals surface area contributed by atoms with Crippen molar-refractivity contribution in [2.45, 2.75) is 20.3 Å². The van der Waals surface area contributed by atoms with E-state index in [1.54, 1.807) is 12.1 Å². The molecule has 2 heterocycles. The monoisotopic (exact) mass is 450 g/mol. The van der Waals surface area contributed by atoms with E-state index in [1.165, 1.54) is 32.7 Å². The zero-order valence-electron chi connectivity index (χ0n) is 17.6. The lowest BCUT2D eigenvalue weighted by molar-refractivity contribution is -0.123. The average Bonchev–Trinajstić information content (AvgIpc) is 3.32. The van der Waals surface area contributed by atoms with Crippen molar-refractivity contribution in [1.29, 1.82) is 0 Å². The van der Waals surface area contributed by atoms with Gasteiger partial charge >= 0.3 is 6.01 Å². The third-order valence-corrected chi connectivity index (χ3v) is 4.92. The largest absolute Gasteiger partial charge is 0.493 e. The molecule has 2 N–H and O–H groups in total. The number of ether oxygens (including phenoxy) is 3. The van der Waals surface area contributed by atoms with E-state index in [0.29, 0.717) is 28.7 Å². The number of carbonyl (C=O) groups excluding carboxylic acids is 1. The van der Waals surface area contributed by atoms with Crippen LogP contribution in [0.15, 0.2) is 16.5 Å². The van der Waals surface area contributed by atoms with Crippen LogP contribution in [-0.2, 0) is 16.0 Å². The molecule has 31 heavy (non-hydrogen) atoms. The van der Waals surface area contributed by atoms with Crippen molar-refractivity contribution < 1.29 is 33.3 Å². The number of benzene rings is 1. The van der Waals surface area contributed by atoms with E-state index in [0.717, 1.165) is 15.6 Å². The van der Waals surface area contributed by atoms with Gasteiger partial charge in [0.15, 0.2) is 11.5 Å². The minimum Gasteiger partial charge on any atom is -0.493 e. The number of nitrogens with zero attached hydrogens (tertiary/aromatic N) is 3. The van der Waals surface area contributed by atoms with Crippen molar-refractivity contribution >= 4 is 29.7 Å². The number of nitrogens with one attached hydrogen (secondary N) is 1. The Morgan fingerprint density at radius 3 is 2.26 bits per heavy atom. The first-order valence-electron chi connectivity index (χ1n) is 8.81. The molecule has 0 saturated heterocycles. The van der Waals surface area contributed by atoms with Gasteiger partial charge in [0.05, 0.1) is 38.5 Å². The number of hydrogen-bond donors (Lipinski definition) is 2. The molecule has 12 heteroatoms. The van der Waals surface area contributed by atoms with E-state index >= 15 is 0 Å². The second kappa shape index (κ2) is 10.9. The Balaban J connectivity index is 0.00000107. The molecule has 0 aliphatic rings. The van der Waals surface area contributed by atoms with Crippen molar-refractivity contribution in [1.82, 2.24) is 15.2 Å². The standard InChI is InChI=1S/C18H20N4O5S.CH2O2/c1-9-16(28-10(2)19-9)17-21-22-18(27-17)20-14(23)8-11-6-12(24-3)15(26-5)13(7-11)25-4;2-1-3/h6-7H,8H2,1-5H3,(H,20,22,23);1H,(H,2,3). The first-order valence-corrected chi connectivity index (χ1v) is 9.62. The summed E-state index contributed by atoms with van der Waals surface area (Å²) >= 11 is 1.45. The number of methoxy groups -OCH3 is 3. The Bertz CT molecular complexity index is 1020. The predicted molar refractivity (Wildman–Crippen MR) is 112 cm³/mol. The van der Waals surface area contributed by atoms with Crippen LogP contribution in [0.1, 0.15) is 16.3 Å². The minimum atomic E-state index is -0.318. The number of amides is 1. The van der Waals surface area contributed by atoms with Gasteiger partial charge in [0.1, 0.15) is 4.88 Å². The number of carboxylic acid groups (broad SMARTS) is 1. The second-order valence-corrected chi connectivity index (χ2v) is 7.13. The van der Waals surface area contributed by atoms with Gasteiger partial charge in [-0.25, -0.2) is 4.98 Å². The lowest BCUT2D eigenvalue weighted by Gasteiger charge is -2.13. The number of aromatic nitrogens is 3. The van der Waals surface area contributed by atoms with Crippen LogP contribution in [0.3, 0.4) is 0 Å². The summed E-state index contributed by atoms with van der Waals surface area (Å²) in [5, 5.41) is 18.3. The highest BCUT2D eigenvalue weighted by molar-refractivity contribution is 7.15. The molecule has 1 amide bonds. The summed E-state index contributed by atoms with van der Waals surface area (Å²) in [5.74, 6) is 1.42. The van der Waals surface area contributed by atoms with Gasteiger partial charge in [-0.1, -0.05) is 5.10 Å². The minimum absolute atomic E-state index is 0.0258. The molecule has 3 rings (SSSR count). The topological polar surface area (TPSA) is 146 Å². The lowest BCUT2D eigenvalue weighted by atomic mass is 10.1. The normalized spacial score (nSPS) is 9.97. The molecule has 0 atom stereocenters. The van der Waals surface area contributed by atoms with Gasteiger partial charge in [0, 0.05) is 0 Å².